The quantitative estimate of drug-likeness (QED) is 0.482. The number of hydrogen-bond donors (Lipinski definition) is 0. The first-order valence-electron chi connectivity index (χ1n) is 3.84. The Morgan fingerprint density at radius 2 is 2.17 bits per heavy atom. The van der Waals surface area contributed by atoms with Crippen molar-refractivity contribution in [3.63, 3.8) is 0 Å². The molecule has 0 saturated heterocycles. The number of aliphatic imine (C=N–C) groups is 1. The number of benzene rings is 1. The van der Waals surface area contributed by atoms with Gasteiger partial charge in [0.05, 0.1) is 6.54 Å². The predicted octanol–water partition coefficient (Wildman–Crippen LogP) is 2.14. The highest BCUT2D eigenvalue weighted by Crippen LogP contribution is 2.11. The van der Waals surface area contributed by atoms with Gasteiger partial charge in [-0.15, -0.1) is 0 Å². The molecule has 0 aliphatic rings. The largest absolute Gasteiger partial charge is 0.235 e. The highest BCUT2D eigenvalue weighted by molar-refractivity contribution is 5.36. The fourth-order valence-corrected chi connectivity index (χ4v) is 1.09. The highest BCUT2D eigenvalue weighted by atomic mass is 16.1. The molecule has 0 fully saturated rings. The lowest BCUT2D eigenvalue weighted by Crippen LogP contribution is -1.87. The summed E-state index contributed by atoms with van der Waals surface area (Å²) in [5.41, 5.74) is 3.45. The zero-order valence-electron chi connectivity index (χ0n) is 7.29. The maximum atomic E-state index is 9.88. The van der Waals surface area contributed by atoms with Gasteiger partial charge in [0.2, 0.25) is 6.08 Å². The standard InChI is InChI=1S/C10H11NO/c1-8-3-4-9(2)10(5-8)6-11-7-12/h3-5H,6H2,1-2H3. The summed E-state index contributed by atoms with van der Waals surface area (Å²) in [5, 5.41) is 0. The van der Waals surface area contributed by atoms with Gasteiger partial charge in [-0.3, -0.25) is 0 Å². The molecule has 2 heteroatoms. The molecule has 0 bridgehead atoms. The van der Waals surface area contributed by atoms with Crippen LogP contribution in [0, 0.1) is 13.8 Å². The first-order valence-corrected chi connectivity index (χ1v) is 3.84. The maximum absolute atomic E-state index is 9.88. The average molecular weight is 161 g/mol. The fourth-order valence-electron chi connectivity index (χ4n) is 1.09. The summed E-state index contributed by atoms with van der Waals surface area (Å²) in [6, 6.07) is 6.12. The lowest BCUT2D eigenvalue weighted by molar-refractivity contribution is 0.562. The van der Waals surface area contributed by atoms with Crippen molar-refractivity contribution in [2.75, 3.05) is 0 Å². The second-order valence-corrected chi connectivity index (χ2v) is 2.84. The van der Waals surface area contributed by atoms with E-state index >= 15 is 0 Å². The lowest BCUT2D eigenvalue weighted by Gasteiger charge is -2.01. The Morgan fingerprint density at radius 3 is 2.83 bits per heavy atom. The first-order chi connectivity index (χ1) is 5.74. The molecule has 0 aromatic heterocycles. The predicted molar refractivity (Wildman–Crippen MR) is 47.7 cm³/mol. The molecule has 1 aromatic carbocycles. The Kier molecular flexibility index (Phi) is 2.78. The van der Waals surface area contributed by atoms with E-state index in [0.717, 1.165) is 5.56 Å². The summed E-state index contributed by atoms with van der Waals surface area (Å²) in [6.07, 6.45) is 1.54. The summed E-state index contributed by atoms with van der Waals surface area (Å²) in [6.45, 7) is 4.47. The van der Waals surface area contributed by atoms with E-state index in [-0.39, 0.29) is 0 Å². The molecule has 0 aliphatic carbocycles. The van der Waals surface area contributed by atoms with Crippen molar-refractivity contribution < 1.29 is 4.79 Å². The second-order valence-electron chi connectivity index (χ2n) is 2.84. The van der Waals surface area contributed by atoms with Gasteiger partial charge in [-0.1, -0.05) is 23.8 Å². The molecule has 1 aromatic rings. The van der Waals surface area contributed by atoms with Gasteiger partial charge in [0.1, 0.15) is 0 Å². The zero-order chi connectivity index (χ0) is 8.97. The molecule has 2 nitrogen and oxygen atoms in total. The van der Waals surface area contributed by atoms with Gasteiger partial charge in [0.25, 0.3) is 0 Å². The van der Waals surface area contributed by atoms with Crippen molar-refractivity contribution >= 4 is 6.08 Å². The number of carbonyl (C=O) groups excluding carboxylic acids is 1. The maximum Gasteiger partial charge on any atom is 0.235 e. The summed E-state index contributed by atoms with van der Waals surface area (Å²) in [4.78, 5) is 13.4. The van der Waals surface area contributed by atoms with Crippen LogP contribution in [0.5, 0.6) is 0 Å². The number of nitrogens with zero attached hydrogens (tertiary/aromatic N) is 1. The Bertz CT molecular complexity index is 325. The molecule has 12 heavy (non-hydrogen) atoms. The van der Waals surface area contributed by atoms with Gasteiger partial charge in [0.15, 0.2) is 0 Å². The van der Waals surface area contributed by atoms with Crippen molar-refractivity contribution in [3.8, 4) is 0 Å². The Labute approximate surface area is 71.9 Å². The summed E-state index contributed by atoms with van der Waals surface area (Å²) >= 11 is 0. The van der Waals surface area contributed by atoms with Crippen LogP contribution >= 0.6 is 0 Å². The molecule has 0 spiro atoms. The molecule has 0 radical (unpaired) electrons. The molecule has 0 amide bonds. The number of rotatable bonds is 2. The molecule has 0 heterocycles. The van der Waals surface area contributed by atoms with Crippen molar-refractivity contribution in [2.45, 2.75) is 20.4 Å². The van der Waals surface area contributed by atoms with Crippen molar-refractivity contribution in [3.05, 3.63) is 34.9 Å². The summed E-state index contributed by atoms with van der Waals surface area (Å²) < 4.78 is 0. The minimum atomic E-state index is 0.441. The van der Waals surface area contributed by atoms with Gasteiger partial charge in [-0.05, 0) is 25.0 Å². The monoisotopic (exact) mass is 161 g/mol. The van der Waals surface area contributed by atoms with Crippen LogP contribution < -0.4 is 0 Å². The highest BCUT2D eigenvalue weighted by Gasteiger charge is 1.96. The van der Waals surface area contributed by atoms with Gasteiger partial charge < -0.3 is 0 Å². The third kappa shape index (κ3) is 2.04. The fraction of sp³-hybridized carbons (Fsp3) is 0.300. The van der Waals surface area contributed by atoms with Crippen LogP contribution in [0.4, 0.5) is 0 Å². The molecule has 0 atom stereocenters. The Balaban J connectivity index is 2.96. The van der Waals surface area contributed by atoms with Crippen molar-refractivity contribution in [1.82, 2.24) is 0 Å². The molecular formula is C10H11NO. The smallest absolute Gasteiger partial charge is 0.211 e. The minimum absolute atomic E-state index is 0.441. The SMILES string of the molecule is Cc1ccc(C)c(CN=C=O)c1. The number of aryl methyl sites for hydroxylation is 2. The van der Waals surface area contributed by atoms with Crippen LogP contribution in [0.3, 0.4) is 0 Å². The van der Waals surface area contributed by atoms with E-state index in [4.69, 9.17) is 0 Å². The molecule has 0 unspecified atom stereocenters. The van der Waals surface area contributed by atoms with Gasteiger partial charge in [-0.25, -0.2) is 9.79 Å². The average Bonchev–Trinajstić information content (AvgIpc) is 2.07. The third-order valence-corrected chi connectivity index (χ3v) is 1.82. The molecule has 0 aliphatic heterocycles. The number of isocyanates is 1. The van der Waals surface area contributed by atoms with Gasteiger partial charge >= 0.3 is 0 Å². The van der Waals surface area contributed by atoms with E-state index in [0.29, 0.717) is 6.54 Å². The first kappa shape index (κ1) is 8.69. The van der Waals surface area contributed by atoms with Crippen LogP contribution in [0.15, 0.2) is 23.2 Å². The topological polar surface area (TPSA) is 29.4 Å². The van der Waals surface area contributed by atoms with Crippen LogP contribution in [0.2, 0.25) is 0 Å². The van der Waals surface area contributed by atoms with E-state index < -0.39 is 0 Å². The van der Waals surface area contributed by atoms with E-state index in [1.807, 2.05) is 32.0 Å². The molecule has 62 valence electrons. The second kappa shape index (κ2) is 3.84. The normalized spacial score (nSPS) is 9.17. The van der Waals surface area contributed by atoms with E-state index in [9.17, 15) is 4.79 Å². The minimum Gasteiger partial charge on any atom is -0.211 e. The number of hydrogen-bond acceptors (Lipinski definition) is 2. The van der Waals surface area contributed by atoms with Gasteiger partial charge in [0, 0.05) is 0 Å². The summed E-state index contributed by atoms with van der Waals surface area (Å²) in [5.74, 6) is 0. The molecule has 0 saturated carbocycles. The van der Waals surface area contributed by atoms with Crippen molar-refractivity contribution in [1.29, 1.82) is 0 Å². The van der Waals surface area contributed by atoms with Crippen LogP contribution in [-0.2, 0) is 11.3 Å². The van der Waals surface area contributed by atoms with E-state index in [1.165, 1.54) is 17.2 Å². The van der Waals surface area contributed by atoms with Crippen LogP contribution in [-0.4, -0.2) is 6.08 Å². The third-order valence-electron chi connectivity index (χ3n) is 1.82. The molecular weight excluding hydrogens is 150 g/mol. The molecule has 1 rings (SSSR count). The van der Waals surface area contributed by atoms with E-state index in [1.54, 1.807) is 0 Å². The van der Waals surface area contributed by atoms with Crippen LogP contribution in [0.25, 0.3) is 0 Å². The molecule has 0 N–H and O–H groups in total. The van der Waals surface area contributed by atoms with Crippen molar-refractivity contribution in [2.24, 2.45) is 4.99 Å². The van der Waals surface area contributed by atoms with Gasteiger partial charge in [-0.2, -0.15) is 0 Å². The van der Waals surface area contributed by atoms with E-state index in [2.05, 4.69) is 4.99 Å². The Hall–Kier alpha value is -1.40. The zero-order valence-corrected chi connectivity index (χ0v) is 7.29. The Morgan fingerprint density at radius 1 is 1.42 bits per heavy atom. The van der Waals surface area contributed by atoms with Crippen LogP contribution in [0.1, 0.15) is 16.7 Å². The lowest BCUT2D eigenvalue weighted by atomic mass is 10.1. The summed E-state index contributed by atoms with van der Waals surface area (Å²) in [7, 11) is 0.